The summed E-state index contributed by atoms with van der Waals surface area (Å²) in [6.07, 6.45) is 0.700. The highest BCUT2D eigenvalue weighted by Crippen LogP contribution is 2.27. The van der Waals surface area contributed by atoms with Crippen LogP contribution in [0.3, 0.4) is 0 Å². The second kappa shape index (κ2) is 6.70. The Bertz CT molecular complexity index is 387. The summed E-state index contributed by atoms with van der Waals surface area (Å²) in [7, 11) is 0. The van der Waals surface area contributed by atoms with E-state index in [0.29, 0.717) is 18.1 Å². The van der Waals surface area contributed by atoms with Gasteiger partial charge in [0.05, 0.1) is 0 Å². The zero-order chi connectivity index (χ0) is 12.7. The molecule has 0 bridgehead atoms. The van der Waals surface area contributed by atoms with Crippen LogP contribution in [0.25, 0.3) is 0 Å². The average Bonchev–Trinajstić information content (AvgIpc) is 2.31. The zero-order valence-corrected chi connectivity index (χ0v) is 10.0. The maximum Gasteiger partial charge on any atom is 0.335 e. The third-order valence-corrected chi connectivity index (χ3v) is 1.92. The van der Waals surface area contributed by atoms with Crippen LogP contribution < -0.4 is 9.47 Å². The van der Waals surface area contributed by atoms with Gasteiger partial charge in [-0.1, -0.05) is 18.7 Å². The molecule has 4 heteroatoms. The van der Waals surface area contributed by atoms with E-state index in [1.165, 1.54) is 0 Å². The van der Waals surface area contributed by atoms with Crippen LogP contribution >= 0.6 is 0 Å². The van der Waals surface area contributed by atoms with Gasteiger partial charge in [0.15, 0.2) is 17.8 Å². The number of benzene rings is 1. The van der Waals surface area contributed by atoms with Crippen molar-refractivity contribution in [3.05, 3.63) is 36.9 Å². The monoisotopic (exact) mass is 236 g/mol. The van der Waals surface area contributed by atoms with Crippen molar-refractivity contribution in [2.24, 2.45) is 0 Å². The molecule has 0 saturated heterocycles. The molecule has 0 radical (unpaired) electrons. The van der Waals surface area contributed by atoms with E-state index in [1.54, 1.807) is 31.2 Å². The average molecular weight is 236 g/mol. The minimum Gasteiger partial charge on any atom is -0.461 e. The fourth-order valence-corrected chi connectivity index (χ4v) is 1.23. The quantitative estimate of drug-likeness (QED) is 0.329. The lowest BCUT2D eigenvalue weighted by atomic mass is 10.3. The Hall–Kier alpha value is -1.81. The van der Waals surface area contributed by atoms with Crippen molar-refractivity contribution >= 4 is 5.97 Å². The van der Waals surface area contributed by atoms with Crippen LogP contribution in [-0.2, 0) is 9.53 Å². The lowest BCUT2D eigenvalue weighted by Gasteiger charge is -2.16. The van der Waals surface area contributed by atoms with Crippen LogP contribution in [0.4, 0.5) is 0 Å². The van der Waals surface area contributed by atoms with Crippen molar-refractivity contribution in [2.45, 2.75) is 20.1 Å². The Morgan fingerprint density at radius 2 is 2.06 bits per heavy atom. The molecule has 0 heterocycles. The molecule has 0 saturated carbocycles. The normalized spacial score (nSPS) is 11.6. The fraction of sp³-hybridized carbons (Fsp3) is 0.308. The van der Waals surface area contributed by atoms with Crippen LogP contribution in [0, 0.1) is 0 Å². The molecule has 92 valence electrons. The van der Waals surface area contributed by atoms with Gasteiger partial charge in [-0.05, 0) is 26.0 Å². The molecule has 0 fully saturated rings. The predicted molar refractivity (Wildman–Crippen MR) is 64.0 cm³/mol. The number of para-hydroxylation sites is 2. The first-order valence-electron chi connectivity index (χ1n) is 5.39. The molecule has 0 aromatic heterocycles. The van der Waals surface area contributed by atoms with E-state index < -0.39 is 12.3 Å². The molecule has 0 aliphatic heterocycles. The highest BCUT2D eigenvalue weighted by atomic mass is 16.7. The lowest BCUT2D eigenvalue weighted by Crippen LogP contribution is -2.17. The number of hydrogen-bond acceptors (Lipinski definition) is 4. The third-order valence-electron chi connectivity index (χ3n) is 1.92. The standard InChI is InChI=1S/C13H16O4/c1-4-13(14)17-12-9-7-6-8-11(12)16-10(3)15-5-2/h4,6-10H,1,5H2,2-3H3. The van der Waals surface area contributed by atoms with Gasteiger partial charge in [0.1, 0.15) is 0 Å². The van der Waals surface area contributed by atoms with Crippen molar-refractivity contribution in [2.75, 3.05) is 6.61 Å². The summed E-state index contributed by atoms with van der Waals surface area (Å²) in [5, 5.41) is 0. The van der Waals surface area contributed by atoms with Gasteiger partial charge in [0.2, 0.25) is 0 Å². The van der Waals surface area contributed by atoms with Gasteiger partial charge in [0, 0.05) is 12.7 Å². The SMILES string of the molecule is C=CC(=O)Oc1ccccc1OC(C)OCC. The Kier molecular flexibility index (Phi) is 5.23. The van der Waals surface area contributed by atoms with Crippen molar-refractivity contribution in [3.8, 4) is 11.5 Å². The largest absolute Gasteiger partial charge is 0.461 e. The molecule has 0 aliphatic carbocycles. The van der Waals surface area contributed by atoms with Gasteiger partial charge in [-0.25, -0.2) is 4.79 Å². The molecule has 1 rings (SSSR count). The molecule has 1 unspecified atom stereocenters. The van der Waals surface area contributed by atoms with Crippen molar-refractivity contribution in [1.82, 2.24) is 0 Å². The summed E-state index contributed by atoms with van der Waals surface area (Å²) in [6, 6.07) is 6.90. The number of ether oxygens (including phenoxy) is 3. The zero-order valence-electron chi connectivity index (χ0n) is 10.0. The molecule has 1 atom stereocenters. The van der Waals surface area contributed by atoms with Crippen LogP contribution in [0.1, 0.15) is 13.8 Å². The number of rotatable bonds is 6. The summed E-state index contributed by atoms with van der Waals surface area (Å²) in [6.45, 7) is 7.54. The van der Waals surface area contributed by atoms with E-state index in [4.69, 9.17) is 14.2 Å². The van der Waals surface area contributed by atoms with E-state index in [-0.39, 0.29) is 0 Å². The summed E-state index contributed by atoms with van der Waals surface area (Å²) in [5.74, 6) is 0.290. The summed E-state index contributed by atoms with van der Waals surface area (Å²) in [5.41, 5.74) is 0. The van der Waals surface area contributed by atoms with Crippen molar-refractivity contribution < 1.29 is 19.0 Å². The van der Waals surface area contributed by atoms with Crippen LogP contribution in [0.5, 0.6) is 11.5 Å². The second-order valence-electron chi connectivity index (χ2n) is 3.21. The molecular formula is C13H16O4. The van der Waals surface area contributed by atoms with Gasteiger partial charge >= 0.3 is 5.97 Å². The second-order valence-corrected chi connectivity index (χ2v) is 3.21. The van der Waals surface area contributed by atoms with Crippen molar-refractivity contribution in [1.29, 1.82) is 0 Å². The van der Waals surface area contributed by atoms with Gasteiger partial charge in [-0.2, -0.15) is 0 Å². The molecule has 0 N–H and O–H groups in total. The fourth-order valence-electron chi connectivity index (χ4n) is 1.23. The molecule has 17 heavy (non-hydrogen) atoms. The Morgan fingerprint density at radius 3 is 2.65 bits per heavy atom. The highest BCUT2D eigenvalue weighted by Gasteiger charge is 2.10. The van der Waals surface area contributed by atoms with E-state index in [2.05, 4.69) is 6.58 Å². The maximum atomic E-state index is 11.1. The van der Waals surface area contributed by atoms with E-state index in [9.17, 15) is 4.79 Å². The van der Waals surface area contributed by atoms with E-state index in [0.717, 1.165) is 6.08 Å². The first-order valence-corrected chi connectivity index (χ1v) is 5.39. The molecule has 4 nitrogen and oxygen atoms in total. The molecule has 0 aliphatic rings. The maximum absolute atomic E-state index is 11.1. The Labute approximate surface area is 101 Å². The highest BCUT2D eigenvalue weighted by molar-refractivity contribution is 5.83. The van der Waals surface area contributed by atoms with Crippen LogP contribution in [0.15, 0.2) is 36.9 Å². The van der Waals surface area contributed by atoms with Gasteiger partial charge in [-0.15, -0.1) is 0 Å². The first-order chi connectivity index (χ1) is 8.17. The Morgan fingerprint density at radius 1 is 1.41 bits per heavy atom. The molecular weight excluding hydrogens is 220 g/mol. The third kappa shape index (κ3) is 4.28. The van der Waals surface area contributed by atoms with Gasteiger partial charge in [-0.3, -0.25) is 0 Å². The first kappa shape index (κ1) is 13.3. The minimum atomic E-state index is -0.523. The molecule has 0 spiro atoms. The Balaban J connectivity index is 2.76. The molecule has 0 amide bonds. The minimum absolute atomic E-state index is 0.351. The number of esters is 1. The van der Waals surface area contributed by atoms with E-state index >= 15 is 0 Å². The van der Waals surface area contributed by atoms with Gasteiger partial charge < -0.3 is 14.2 Å². The summed E-state index contributed by atoms with van der Waals surface area (Å²) < 4.78 is 15.8. The number of carbonyl (C=O) groups excluding carboxylic acids is 1. The predicted octanol–water partition coefficient (Wildman–Crippen LogP) is 2.54. The summed E-state index contributed by atoms with van der Waals surface area (Å²) >= 11 is 0. The van der Waals surface area contributed by atoms with Crippen molar-refractivity contribution in [3.63, 3.8) is 0 Å². The number of carbonyl (C=O) groups is 1. The topological polar surface area (TPSA) is 44.8 Å². The smallest absolute Gasteiger partial charge is 0.335 e. The lowest BCUT2D eigenvalue weighted by molar-refractivity contribution is -0.129. The van der Waals surface area contributed by atoms with Crippen LogP contribution in [0.2, 0.25) is 0 Å². The molecule has 1 aromatic carbocycles. The van der Waals surface area contributed by atoms with Gasteiger partial charge in [0.25, 0.3) is 0 Å². The van der Waals surface area contributed by atoms with Crippen LogP contribution in [-0.4, -0.2) is 18.9 Å². The number of hydrogen-bond donors (Lipinski definition) is 0. The molecule has 1 aromatic rings. The summed E-state index contributed by atoms with van der Waals surface area (Å²) in [4.78, 5) is 11.1. The van der Waals surface area contributed by atoms with E-state index in [1.807, 2.05) is 6.92 Å².